The molecule has 0 spiro atoms. The topological polar surface area (TPSA) is 75.6 Å². The number of nitrogens with one attached hydrogen (secondary N) is 1. The second-order valence-electron chi connectivity index (χ2n) is 4.08. The average Bonchev–Trinajstić information content (AvgIpc) is 2.27. The van der Waals surface area contributed by atoms with Crippen molar-refractivity contribution in [2.24, 2.45) is 5.92 Å². The Hall–Kier alpha value is -1.26. The Labute approximate surface area is 95.2 Å². The molecular formula is C11H19NO4. The van der Waals surface area contributed by atoms with Gasteiger partial charge in [0, 0.05) is 0 Å². The van der Waals surface area contributed by atoms with Gasteiger partial charge < -0.3 is 15.2 Å². The molecule has 1 saturated carbocycles. The normalized spacial score (nSPS) is 18.8. The Bertz CT molecular complexity index is 246. The fourth-order valence-corrected chi connectivity index (χ4v) is 2.15. The van der Waals surface area contributed by atoms with Crippen LogP contribution in [0.3, 0.4) is 0 Å². The van der Waals surface area contributed by atoms with Crippen molar-refractivity contribution in [1.82, 2.24) is 5.32 Å². The molecule has 0 unspecified atom stereocenters. The smallest absolute Gasteiger partial charge is 0.407 e. The molecule has 0 heterocycles. The molecule has 2 N–H and O–H groups in total. The van der Waals surface area contributed by atoms with Crippen molar-refractivity contribution < 1.29 is 19.4 Å². The quantitative estimate of drug-likeness (QED) is 0.770. The lowest BCUT2D eigenvalue weighted by Crippen LogP contribution is -2.46. The van der Waals surface area contributed by atoms with Crippen LogP contribution in [0.1, 0.15) is 39.0 Å². The second kappa shape index (κ2) is 6.35. The Morgan fingerprint density at radius 1 is 1.38 bits per heavy atom. The van der Waals surface area contributed by atoms with Crippen molar-refractivity contribution in [3.63, 3.8) is 0 Å². The molecule has 1 amide bonds. The van der Waals surface area contributed by atoms with Crippen molar-refractivity contribution in [2.75, 3.05) is 6.61 Å². The summed E-state index contributed by atoms with van der Waals surface area (Å²) in [4.78, 5) is 22.3. The van der Waals surface area contributed by atoms with Crippen LogP contribution in [0.2, 0.25) is 0 Å². The summed E-state index contributed by atoms with van der Waals surface area (Å²) >= 11 is 0. The summed E-state index contributed by atoms with van der Waals surface area (Å²) in [6, 6.07) is -0.806. The van der Waals surface area contributed by atoms with Crippen molar-refractivity contribution in [2.45, 2.75) is 45.1 Å². The number of amides is 1. The van der Waals surface area contributed by atoms with Gasteiger partial charge in [0.25, 0.3) is 0 Å². The second-order valence-corrected chi connectivity index (χ2v) is 4.08. The molecule has 1 atom stereocenters. The Morgan fingerprint density at radius 3 is 2.50 bits per heavy atom. The number of carboxylic acids is 1. The van der Waals surface area contributed by atoms with E-state index in [0.29, 0.717) is 0 Å². The standard InChI is InChI=1S/C11H19NO4/c1-2-16-11(15)12-9(10(13)14)8-6-4-3-5-7-8/h8-9H,2-7H2,1H3,(H,12,15)(H,13,14)/t9-/m0/s1. The Balaban J connectivity index is 2.52. The van der Waals surface area contributed by atoms with E-state index in [9.17, 15) is 9.59 Å². The minimum Gasteiger partial charge on any atom is -0.480 e. The van der Waals surface area contributed by atoms with Gasteiger partial charge in [-0.15, -0.1) is 0 Å². The maximum absolute atomic E-state index is 11.2. The summed E-state index contributed by atoms with van der Waals surface area (Å²) in [6.45, 7) is 1.94. The maximum Gasteiger partial charge on any atom is 0.407 e. The number of carboxylic acid groups (broad SMARTS) is 1. The van der Waals surface area contributed by atoms with E-state index < -0.39 is 18.1 Å². The van der Waals surface area contributed by atoms with E-state index in [1.807, 2.05) is 0 Å². The largest absolute Gasteiger partial charge is 0.480 e. The third-order valence-corrected chi connectivity index (χ3v) is 2.94. The maximum atomic E-state index is 11.2. The SMILES string of the molecule is CCOC(=O)N[C@H](C(=O)O)C1CCCCC1. The number of ether oxygens (including phenoxy) is 1. The van der Waals surface area contributed by atoms with Gasteiger partial charge in [-0.2, -0.15) is 0 Å². The molecule has 92 valence electrons. The first-order chi connectivity index (χ1) is 7.65. The number of hydrogen-bond donors (Lipinski definition) is 2. The van der Waals surface area contributed by atoms with Gasteiger partial charge in [0.05, 0.1) is 6.61 Å². The third kappa shape index (κ3) is 3.72. The zero-order chi connectivity index (χ0) is 12.0. The summed E-state index contributed by atoms with van der Waals surface area (Å²) in [6.07, 6.45) is 4.33. The van der Waals surface area contributed by atoms with Crippen LogP contribution in [0, 0.1) is 5.92 Å². The van der Waals surface area contributed by atoms with Crippen LogP contribution in [0.15, 0.2) is 0 Å². The predicted molar refractivity (Wildman–Crippen MR) is 58.2 cm³/mol. The number of aliphatic carboxylic acids is 1. The molecule has 16 heavy (non-hydrogen) atoms. The van der Waals surface area contributed by atoms with Gasteiger partial charge in [0.2, 0.25) is 0 Å². The van der Waals surface area contributed by atoms with Crippen LogP contribution < -0.4 is 5.32 Å². The lowest BCUT2D eigenvalue weighted by atomic mass is 9.84. The van der Waals surface area contributed by atoms with E-state index in [2.05, 4.69) is 5.32 Å². The van der Waals surface area contributed by atoms with Crippen LogP contribution in [0.25, 0.3) is 0 Å². The van der Waals surface area contributed by atoms with Gasteiger partial charge in [-0.1, -0.05) is 19.3 Å². The minimum absolute atomic E-state index is 0.0376. The van der Waals surface area contributed by atoms with Crippen LogP contribution >= 0.6 is 0 Å². The van der Waals surface area contributed by atoms with Crippen molar-refractivity contribution in [3.05, 3.63) is 0 Å². The van der Waals surface area contributed by atoms with Crippen LogP contribution in [-0.2, 0) is 9.53 Å². The molecule has 5 heteroatoms. The Morgan fingerprint density at radius 2 is 2.00 bits per heavy atom. The highest BCUT2D eigenvalue weighted by Gasteiger charge is 2.30. The molecule has 0 aliphatic heterocycles. The lowest BCUT2D eigenvalue weighted by Gasteiger charge is -2.27. The first-order valence-electron chi connectivity index (χ1n) is 5.81. The average molecular weight is 229 g/mol. The fraction of sp³-hybridized carbons (Fsp3) is 0.818. The monoisotopic (exact) mass is 229 g/mol. The molecule has 0 aromatic carbocycles. The fourth-order valence-electron chi connectivity index (χ4n) is 2.15. The van der Waals surface area contributed by atoms with Gasteiger partial charge in [-0.05, 0) is 25.7 Å². The summed E-state index contributed by atoms with van der Waals surface area (Å²) in [5.41, 5.74) is 0. The first kappa shape index (κ1) is 12.8. The van der Waals surface area contributed by atoms with Gasteiger partial charge in [-0.25, -0.2) is 9.59 Å². The number of alkyl carbamates (subject to hydrolysis) is 1. The summed E-state index contributed by atoms with van der Waals surface area (Å²) in [7, 11) is 0. The van der Waals surface area contributed by atoms with E-state index in [4.69, 9.17) is 9.84 Å². The van der Waals surface area contributed by atoms with Gasteiger partial charge in [-0.3, -0.25) is 0 Å². The molecule has 0 saturated heterocycles. The summed E-state index contributed by atoms with van der Waals surface area (Å²) in [5.74, 6) is -0.935. The minimum atomic E-state index is -0.972. The van der Waals surface area contributed by atoms with Gasteiger partial charge in [0.1, 0.15) is 6.04 Å². The highest BCUT2D eigenvalue weighted by atomic mass is 16.5. The molecule has 0 aromatic rings. The molecule has 0 radical (unpaired) electrons. The molecule has 0 aromatic heterocycles. The van der Waals surface area contributed by atoms with Crippen molar-refractivity contribution in [1.29, 1.82) is 0 Å². The summed E-state index contributed by atoms with van der Waals surface area (Å²) in [5, 5.41) is 11.5. The highest BCUT2D eigenvalue weighted by Crippen LogP contribution is 2.26. The van der Waals surface area contributed by atoms with Crippen LogP contribution in [-0.4, -0.2) is 29.8 Å². The zero-order valence-corrected chi connectivity index (χ0v) is 9.57. The number of carbonyl (C=O) groups excluding carboxylic acids is 1. The van der Waals surface area contributed by atoms with Crippen LogP contribution in [0.4, 0.5) is 4.79 Å². The zero-order valence-electron chi connectivity index (χ0n) is 9.57. The number of rotatable bonds is 4. The summed E-state index contributed by atoms with van der Waals surface area (Å²) < 4.78 is 4.70. The Kier molecular flexibility index (Phi) is 5.08. The van der Waals surface area contributed by atoms with E-state index in [-0.39, 0.29) is 12.5 Å². The van der Waals surface area contributed by atoms with Crippen molar-refractivity contribution >= 4 is 12.1 Å². The lowest BCUT2D eigenvalue weighted by molar-refractivity contribution is -0.141. The highest BCUT2D eigenvalue weighted by molar-refractivity contribution is 5.80. The van der Waals surface area contributed by atoms with Crippen LogP contribution in [0.5, 0.6) is 0 Å². The van der Waals surface area contributed by atoms with E-state index in [1.165, 1.54) is 0 Å². The van der Waals surface area contributed by atoms with E-state index >= 15 is 0 Å². The van der Waals surface area contributed by atoms with Crippen molar-refractivity contribution in [3.8, 4) is 0 Å². The predicted octanol–water partition coefficient (Wildman–Crippen LogP) is 1.77. The number of carbonyl (C=O) groups is 2. The molecule has 1 aliphatic rings. The first-order valence-corrected chi connectivity index (χ1v) is 5.81. The molecule has 1 fully saturated rings. The molecule has 0 bridgehead atoms. The number of hydrogen-bond acceptors (Lipinski definition) is 3. The molecule has 1 rings (SSSR count). The molecule has 5 nitrogen and oxygen atoms in total. The molecular weight excluding hydrogens is 210 g/mol. The molecule has 1 aliphatic carbocycles. The third-order valence-electron chi connectivity index (χ3n) is 2.94. The van der Waals surface area contributed by atoms with Gasteiger partial charge >= 0.3 is 12.1 Å². The van der Waals surface area contributed by atoms with E-state index in [1.54, 1.807) is 6.92 Å². The van der Waals surface area contributed by atoms with Gasteiger partial charge in [0.15, 0.2) is 0 Å². The van der Waals surface area contributed by atoms with E-state index in [0.717, 1.165) is 32.1 Å².